The Morgan fingerprint density at radius 3 is 2.40 bits per heavy atom. The number of hydrogen-bond donors (Lipinski definition) is 1. The predicted octanol–water partition coefficient (Wildman–Crippen LogP) is 6.18. The fraction of sp³-hybridized carbons (Fsp3) is 0.596. The number of ketones is 2. The fourth-order valence-electron chi connectivity index (χ4n) is 12.3. The van der Waals surface area contributed by atoms with Gasteiger partial charge in [0.15, 0.2) is 24.8 Å². The lowest BCUT2D eigenvalue weighted by Gasteiger charge is -2.69. The molecule has 15 heteroatoms. The maximum atomic E-state index is 14.8. The van der Waals surface area contributed by atoms with Gasteiger partial charge in [-0.05, 0) is 103 Å². The van der Waals surface area contributed by atoms with Gasteiger partial charge < -0.3 is 20.0 Å². The number of allylic oxidation sites excluding steroid dienone is 4. The summed E-state index contributed by atoms with van der Waals surface area (Å²) >= 11 is 0. The van der Waals surface area contributed by atoms with Crippen molar-refractivity contribution in [1.29, 1.82) is 5.26 Å². The number of Topliss-reactive ketones (excluding diaryl/α,β-unsaturated/α-hetero) is 1. The standard InChI is InChI=1S/C47H56N4O10S/c1-42(2)19-21-47(41(55)49-23-13-16-36(53)59-24-11-12-25-60-39-40(51(56)61-50-39)62(57,58)31-14-9-8-10-15-31)22-20-46(7)37(32(47)28-42)33(52)26-35-44(5)27-30(29-48)38(54)43(3,4)34(44)17-18-45(35,46)6/h8-10,14-15,26-27,32,34,37H,13,16-25,28H2,1-7H3,(H,49,55)/t32-,34-,37-,44-,45+,46+,47-/m0/s1. The average Bonchev–Trinajstić information content (AvgIpc) is 3.60. The minimum absolute atomic E-state index is 0.0281. The van der Waals surface area contributed by atoms with Gasteiger partial charge in [-0.15, -0.1) is 0 Å². The smallest absolute Gasteiger partial charge is 0.415 e. The topological polar surface area (TPSA) is 210 Å². The number of amides is 1. The van der Waals surface area contributed by atoms with Crippen LogP contribution in [-0.4, -0.2) is 56.8 Å². The Kier molecular flexibility index (Phi) is 11.4. The van der Waals surface area contributed by atoms with E-state index in [0.29, 0.717) is 25.7 Å². The molecule has 3 fully saturated rings. The normalized spacial score (nSPS) is 31.8. The monoisotopic (exact) mass is 868 g/mol. The summed E-state index contributed by atoms with van der Waals surface area (Å²) in [5.41, 5.74) is -1.85. The van der Waals surface area contributed by atoms with Crippen molar-refractivity contribution in [2.45, 2.75) is 116 Å². The summed E-state index contributed by atoms with van der Waals surface area (Å²) in [6, 6.07) is 9.44. The van der Waals surface area contributed by atoms with Crippen molar-refractivity contribution in [3.8, 4) is 23.8 Å². The molecular formula is C47H56N4O10S. The van der Waals surface area contributed by atoms with Gasteiger partial charge in [0, 0.05) is 29.7 Å². The molecular weight excluding hydrogens is 813 g/mol. The number of aromatic nitrogens is 2. The molecule has 1 aromatic carbocycles. The quantitative estimate of drug-likeness (QED) is 0.123. The first-order valence-electron chi connectivity index (χ1n) is 21.5. The van der Waals surface area contributed by atoms with Crippen molar-refractivity contribution in [3.63, 3.8) is 0 Å². The Morgan fingerprint density at radius 1 is 1.00 bits per heavy atom. The van der Waals surface area contributed by atoms with Crippen LogP contribution >= 0.6 is 0 Å². The van der Waals surface area contributed by atoms with E-state index in [-0.39, 0.29) is 87.6 Å². The highest BCUT2D eigenvalue weighted by Crippen LogP contribution is 2.74. The average molecular weight is 869 g/mol. The number of nitrogens with zero attached hydrogens (tertiary/aromatic N) is 3. The van der Waals surface area contributed by atoms with E-state index in [2.05, 4.69) is 67.6 Å². The highest BCUT2D eigenvalue weighted by molar-refractivity contribution is 7.91. The summed E-state index contributed by atoms with van der Waals surface area (Å²) in [6.45, 7) is 14.6. The van der Waals surface area contributed by atoms with Crippen LogP contribution < -0.4 is 15.0 Å². The molecule has 330 valence electrons. The van der Waals surface area contributed by atoms with E-state index < -0.39 is 48.4 Å². The second-order valence-corrected chi connectivity index (χ2v) is 21.8. The number of nitriles is 1. The molecule has 14 nitrogen and oxygen atoms in total. The second kappa shape index (κ2) is 15.8. The van der Waals surface area contributed by atoms with Crippen LogP contribution in [0.2, 0.25) is 0 Å². The number of sulfone groups is 1. The van der Waals surface area contributed by atoms with Gasteiger partial charge in [0.2, 0.25) is 5.91 Å². The molecule has 0 saturated heterocycles. The van der Waals surface area contributed by atoms with Crippen molar-refractivity contribution in [2.75, 3.05) is 19.8 Å². The zero-order valence-corrected chi connectivity index (χ0v) is 37.4. The molecule has 1 N–H and O–H groups in total. The van der Waals surface area contributed by atoms with Crippen molar-refractivity contribution >= 4 is 33.3 Å². The first kappa shape index (κ1) is 44.8. The van der Waals surface area contributed by atoms with Crippen molar-refractivity contribution < 1.29 is 46.6 Å². The molecule has 1 heterocycles. The summed E-state index contributed by atoms with van der Waals surface area (Å²) in [4.78, 5) is 54.9. The molecule has 0 aliphatic heterocycles. The Morgan fingerprint density at radius 2 is 1.69 bits per heavy atom. The van der Waals surface area contributed by atoms with Crippen LogP contribution in [0.25, 0.3) is 0 Å². The number of benzene rings is 1. The van der Waals surface area contributed by atoms with Crippen LogP contribution in [0, 0.1) is 78.6 Å². The zero-order valence-electron chi connectivity index (χ0n) is 36.6. The Balaban J connectivity index is 0.975. The number of fused-ring (bicyclic) bond motifs is 7. The van der Waals surface area contributed by atoms with E-state index in [0.717, 1.165) is 31.3 Å². The Labute approximate surface area is 363 Å². The zero-order chi connectivity index (χ0) is 45.1. The second-order valence-electron chi connectivity index (χ2n) is 19.9. The lowest BCUT2D eigenvalue weighted by Crippen LogP contribution is -2.66. The third-order valence-electron chi connectivity index (χ3n) is 15.7. The van der Waals surface area contributed by atoms with Crippen LogP contribution in [0.15, 0.2) is 68.2 Å². The maximum Gasteiger partial charge on any atom is 0.415 e. The first-order chi connectivity index (χ1) is 29.1. The number of rotatable bonds is 10. The largest absolute Gasteiger partial charge is 0.452 e. The number of ether oxygens (including phenoxy) is 2. The highest BCUT2D eigenvalue weighted by Gasteiger charge is 2.70. The summed E-state index contributed by atoms with van der Waals surface area (Å²) in [5.74, 6) is 3.32. The van der Waals surface area contributed by atoms with E-state index in [9.17, 15) is 38.1 Å². The summed E-state index contributed by atoms with van der Waals surface area (Å²) in [5, 5.41) is 27.8. The molecule has 2 aromatic rings. The van der Waals surface area contributed by atoms with Crippen molar-refractivity contribution in [3.05, 3.63) is 58.8 Å². The molecule has 0 spiro atoms. The molecule has 1 aromatic heterocycles. The number of hydrogen-bond acceptors (Lipinski definition) is 12. The van der Waals surface area contributed by atoms with Gasteiger partial charge >= 0.3 is 16.9 Å². The molecule has 5 aliphatic rings. The molecule has 3 saturated carbocycles. The maximum absolute atomic E-state index is 14.8. The van der Waals surface area contributed by atoms with Gasteiger partial charge in [-0.25, -0.2) is 8.42 Å². The van der Waals surface area contributed by atoms with Crippen LogP contribution in [0.4, 0.5) is 0 Å². The van der Waals surface area contributed by atoms with Gasteiger partial charge in [0.1, 0.15) is 6.07 Å². The minimum Gasteiger partial charge on any atom is -0.452 e. The van der Waals surface area contributed by atoms with Gasteiger partial charge in [0.05, 0.1) is 21.0 Å². The van der Waals surface area contributed by atoms with E-state index in [1.807, 2.05) is 26.0 Å². The Hall–Kier alpha value is -5.28. The minimum atomic E-state index is -4.28. The number of nitrogens with one attached hydrogen (secondary N) is 1. The van der Waals surface area contributed by atoms with E-state index in [4.69, 9.17) is 9.47 Å². The number of carbonyl (C=O) groups is 4. The third-order valence-corrected chi connectivity index (χ3v) is 17.4. The predicted molar refractivity (Wildman–Crippen MR) is 223 cm³/mol. The van der Waals surface area contributed by atoms with E-state index in [1.165, 1.54) is 24.3 Å². The lowest BCUT2D eigenvalue weighted by atomic mass is 9.34. The molecule has 0 bridgehead atoms. The molecule has 62 heavy (non-hydrogen) atoms. The van der Waals surface area contributed by atoms with Gasteiger partial charge in [-0.1, -0.05) is 90.2 Å². The first-order valence-corrected chi connectivity index (χ1v) is 22.9. The number of esters is 1. The van der Waals surface area contributed by atoms with E-state index in [1.54, 1.807) is 6.07 Å². The fourth-order valence-corrected chi connectivity index (χ4v) is 13.6. The van der Waals surface area contributed by atoms with Gasteiger partial charge in [-0.2, -0.15) is 5.26 Å². The number of carbonyl (C=O) groups excluding carboxylic acids is 4. The SMILES string of the molecule is CC1(C)CC[C@]2(C(=O)NCCCC(=O)OCC#CCOc3no[n+]([O-])c3S(=O)(=O)c3ccccc3)CC[C@]3(C)[C@H](C(=O)C=C4[C@@]5(C)C=C(C#N)C(=O)C(C)(C)[C@@H]5CC[C@]43C)[C@@H]2C1. The van der Waals surface area contributed by atoms with Crippen LogP contribution in [0.5, 0.6) is 5.88 Å². The van der Waals surface area contributed by atoms with Crippen LogP contribution in [-0.2, 0) is 33.8 Å². The summed E-state index contributed by atoms with van der Waals surface area (Å²) in [6.07, 6.45) is 9.21. The van der Waals surface area contributed by atoms with E-state index >= 15 is 0 Å². The van der Waals surface area contributed by atoms with Crippen molar-refractivity contribution in [1.82, 2.24) is 10.5 Å². The Bertz CT molecular complexity index is 2470. The molecule has 7 rings (SSSR count). The van der Waals surface area contributed by atoms with Crippen LogP contribution in [0.3, 0.4) is 0 Å². The molecule has 7 atom stereocenters. The summed E-state index contributed by atoms with van der Waals surface area (Å²) < 4.78 is 40.8. The van der Waals surface area contributed by atoms with Gasteiger partial charge in [-0.3, -0.25) is 23.8 Å². The summed E-state index contributed by atoms with van der Waals surface area (Å²) in [7, 11) is -4.28. The molecule has 5 aliphatic carbocycles. The molecule has 1 amide bonds. The van der Waals surface area contributed by atoms with Crippen LogP contribution in [0.1, 0.15) is 106 Å². The van der Waals surface area contributed by atoms with Gasteiger partial charge in [0.25, 0.3) is 9.84 Å². The highest BCUT2D eigenvalue weighted by atomic mass is 32.2. The molecule has 0 radical (unpaired) electrons. The third kappa shape index (κ3) is 7.14. The lowest BCUT2D eigenvalue weighted by molar-refractivity contribution is -0.832. The molecule has 0 unspecified atom stereocenters. The van der Waals surface area contributed by atoms with Crippen molar-refractivity contribution in [2.24, 2.45) is 50.2 Å².